The molecule has 0 saturated carbocycles. The van der Waals surface area contributed by atoms with Gasteiger partial charge in [0, 0.05) is 6.20 Å². The van der Waals surface area contributed by atoms with Crippen LogP contribution in [0.5, 0.6) is 0 Å². The van der Waals surface area contributed by atoms with Crippen molar-refractivity contribution in [2.75, 3.05) is 13.2 Å². The topological polar surface area (TPSA) is 50.1 Å². The molecule has 0 saturated heterocycles. The molecule has 1 atom stereocenters. The van der Waals surface area contributed by atoms with Crippen LogP contribution < -0.4 is 5.32 Å². The van der Waals surface area contributed by atoms with Gasteiger partial charge in [-0.05, 0) is 12.1 Å². The Labute approximate surface area is 118 Å². The Balaban J connectivity index is 2.34. The van der Waals surface area contributed by atoms with Gasteiger partial charge in [-0.1, -0.05) is 48.9 Å². The predicted octanol–water partition coefficient (Wildman–Crippen LogP) is 2.03. The highest BCUT2D eigenvalue weighted by Gasteiger charge is 2.31. The van der Waals surface area contributed by atoms with Gasteiger partial charge in [0.15, 0.2) is 0 Å². The van der Waals surface area contributed by atoms with Gasteiger partial charge in [-0.2, -0.15) is 5.10 Å². The second kappa shape index (κ2) is 6.19. The first kappa shape index (κ1) is 14.1. The van der Waals surface area contributed by atoms with Crippen molar-refractivity contribution in [3.05, 3.63) is 53.3 Å². The van der Waals surface area contributed by atoms with E-state index in [2.05, 4.69) is 10.4 Å². The van der Waals surface area contributed by atoms with Crippen LogP contribution in [0.25, 0.3) is 0 Å². The molecule has 0 radical (unpaired) electrons. The van der Waals surface area contributed by atoms with Gasteiger partial charge in [-0.15, -0.1) is 0 Å². The van der Waals surface area contributed by atoms with E-state index in [0.29, 0.717) is 11.6 Å². The van der Waals surface area contributed by atoms with Crippen molar-refractivity contribution in [2.24, 2.45) is 0 Å². The summed E-state index contributed by atoms with van der Waals surface area (Å²) in [7, 11) is 0. The summed E-state index contributed by atoms with van der Waals surface area (Å²) in [4.78, 5) is 0. The molecule has 1 aromatic heterocycles. The van der Waals surface area contributed by atoms with Crippen LogP contribution in [0.3, 0.4) is 0 Å². The number of benzene rings is 1. The van der Waals surface area contributed by atoms with Crippen LogP contribution in [-0.2, 0) is 12.1 Å². The Bertz CT molecular complexity index is 514. The van der Waals surface area contributed by atoms with Crippen molar-refractivity contribution in [1.29, 1.82) is 0 Å². The Hall–Kier alpha value is -1.36. The molecular formula is C14H18ClN3O. The smallest absolute Gasteiger partial charge is 0.0867 e. The first-order valence-electron chi connectivity index (χ1n) is 6.29. The molecule has 5 heteroatoms. The molecule has 0 fully saturated rings. The minimum absolute atomic E-state index is 0.0116. The highest BCUT2D eigenvalue weighted by molar-refractivity contribution is 6.30. The molecular weight excluding hydrogens is 262 g/mol. The summed E-state index contributed by atoms with van der Waals surface area (Å²) < 4.78 is 1.74. The summed E-state index contributed by atoms with van der Waals surface area (Å²) in [6.07, 6.45) is 3.35. The van der Waals surface area contributed by atoms with E-state index in [9.17, 15) is 5.11 Å². The van der Waals surface area contributed by atoms with Gasteiger partial charge in [0.05, 0.1) is 29.9 Å². The highest BCUT2D eigenvalue weighted by Crippen LogP contribution is 2.23. The van der Waals surface area contributed by atoms with Crippen LogP contribution in [-0.4, -0.2) is 28.0 Å². The molecule has 0 bridgehead atoms. The minimum atomic E-state index is -0.550. The maximum atomic E-state index is 9.89. The molecule has 0 aliphatic rings. The number of nitrogens with one attached hydrogen (secondary N) is 1. The summed E-state index contributed by atoms with van der Waals surface area (Å²) in [5, 5.41) is 18.0. The van der Waals surface area contributed by atoms with Crippen molar-refractivity contribution in [3.63, 3.8) is 0 Å². The normalized spacial score (nSPS) is 14.3. The summed E-state index contributed by atoms with van der Waals surface area (Å²) in [5.41, 5.74) is 0.483. The number of likely N-dealkylation sites (N-methyl/N-ethyl adjacent to an activating group) is 1. The van der Waals surface area contributed by atoms with Crippen molar-refractivity contribution >= 4 is 11.6 Å². The zero-order valence-electron chi connectivity index (χ0n) is 10.9. The molecule has 2 rings (SSSR count). The standard InChI is InChI=1S/C14H18ClN3O/c1-2-16-14(11-19,12-6-4-3-5-7-12)10-18-9-13(15)8-17-18/h3-9,16,19H,2,10-11H2,1H3. The van der Waals surface area contributed by atoms with Gasteiger partial charge in [0.2, 0.25) is 0 Å². The average Bonchev–Trinajstić information content (AvgIpc) is 2.84. The van der Waals surface area contributed by atoms with E-state index in [1.54, 1.807) is 17.1 Å². The van der Waals surface area contributed by atoms with Gasteiger partial charge in [0.25, 0.3) is 0 Å². The Morgan fingerprint density at radius 3 is 2.63 bits per heavy atom. The molecule has 1 heterocycles. The molecule has 19 heavy (non-hydrogen) atoms. The van der Waals surface area contributed by atoms with E-state index in [1.807, 2.05) is 37.3 Å². The van der Waals surface area contributed by atoms with Gasteiger partial charge in [-0.25, -0.2) is 0 Å². The molecule has 0 aliphatic heterocycles. The Kier molecular flexibility index (Phi) is 4.58. The Morgan fingerprint density at radius 2 is 2.11 bits per heavy atom. The number of aliphatic hydroxyl groups excluding tert-OH is 1. The molecule has 0 spiro atoms. The number of hydrogen-bond acceptors (Lipinski definition) is 3. The van der Waals surface area contributed by atoms with E-state index in [4.69, 9.17) is 11.6 Å². The van der Waals surface area contributed by atoms with Crippen LogP contribution in [0.1, 0.15) is 12.5 Å². The van der Waals surface area contributed by atoms with Crippen LogP contribution in [0.4, 0.5) is 0 Å². The number of halogens is 1. The van der Waals surface area contributed by atoms with E-state index >= 15 is 0 Å². The zero-order valence-corrected chi connectivity index (χ0v) is 11.6. The lowest BCUT2D eigenvalue weighted by Gasteiger charge is -2.33. The SMILES string of the molecule is CCNC(CO)(Cn1cc(Cl)cn1)c1ccccc1. The minimum Gasteiger partial charge on any atom is -0.394 e. The van der Waals surface area contributed by atoms with Gasteiger partial charge < -0.3 is 10.4 Å². The van der Waals surface area contributed by atoms with E-state index < -0.39 is 5.54 Å². The molecule has 2 aromatic rings. The summed E-state index contributed by atoms with van der Waals surface area (Å²) >= 11 is 5.89. The second-order valence-corrected chi connectivity index (χ2v) is 4.93. The summed E-state index contributed by atoms with van der Waals surface area (Å²) in [6, 6.07) is 9.90. The number of hydrogen-bond donors (Lipinski definition) is 2. The lowest BCUT2D eigenvalue weighted by Crippen LogP contribution is -2.49. The van der Waals surface area contributed by atoms with Crippen molar-refractivity contribution in [2.45, 2.75) is 19.0 Å². The van der Waals surface area contributed by atoms with E-state index in [1.165, 1.54) is 0 Å². The van der Waals surface area contributed by atoms with Crippen LogP contribution in [0.2, 0.25) is 5.02 Å². The fourth-order valence-corrected chi connectivity index (χ4v) is 2.40. The Morgan fingerprint density at radius 1 is 1.37 bits per heavy atom. The molecule has 2 N–H and O–H groups in total. The fourth-order valence-electron chi connectivity index (χ4n) is 2.24. The largest absolute Gasteiger partial charge is 0.394 e. The lowest BCUT2D eigenvalue weighted by atomic mass is 9.90. The van der Waals surface area contributed by atoms with Gasteiger partial charge in [-0.3, -0.25) is 4.68 Å². The van der Waals surface area contributed by atoms with E-state index in [0.717, 1.165) is 12.1 Å². The molecule has 4 nitrogen and oxygen atoms in total. The number of aliphatic hydroxyl groups is 1. The monoisotopic (exact) mass is 279 g/mol. The summed E-state index contributed by atoms with van der Waals surface area (Å²) in [5.74, 6) is 0. The van der Waals surface area contributed by atoms with Crippen molar-refractivity contribution in [3.8, 4) is 0 Å². The van der Waals surface area contributed by atoms with E-state index in [-0.39, 0.29) is 6.61 Å². The van der Waals surface area contributed by atoms with Crippen molar-refractivity contribution in [1.82, 2.24) is 15.1 Å². The fraction of sp³-hybridized carbons (Fsp3) is 0.357. The third-order valence-corrected chi connectivity index (χ3v) is 3.34. The quantitative estimate of drug-likeness (QED) is 0.851. The molecule has 0 amide bonds. The van der Waals surface area contributed by atoms with Gasteiger partial charge >= 0.3 is 0 Å². The summed E-state index contributed by atoms with van der Waals surface area (Å²) in [6.45, 7) is 3.28. The first-order valence-corrected chi connectivity index (χ1v) is 6.67. The van der Waals surface area contributed by atoms with Crippen LogP contribution >= 0.6 is 11.6 Å². The second-order valence-electron chi connectivity index (χ2n) is 4.49. The average molecular weight is 280 g/mol. The van der Waals surface area contributed by atoms with Crippen molar-refractivity contribution < 1.29 is 5.11 Å². The number of nitrogens with zero attached hydrogens (tertiary/aromatic N) is 2. The van der Waals surface area contributed by atoms with Crippen LogP contribution in [0, 0.1) is 0 Å². The van der Waals surface area contributed by atoms with Gasteiger partial charge in [0.1, 0.15) is 0 Å². The lowest BCUT2D eigenvalue weighted by molar-refractivity contribution is 0.139. The molecule has 1 aromatic carbocycles. The first-order chi connectivity index (χ1) is 9.20. The number of rotatable bonds is 6. The zero-order chi connectivity index (χ0) is 13.7. The third-order valence-electron chi connectivity index (χ3n) is 3.15. The predicted molar refractivity (Wildman–Crippen MR) is 76.1 cm³/mol. The molecule has 1 unspecified atom stereocenters. The number of aromatic nitrogens is 2. The maximum Gasteiger partial charge on any atom is 0.0867 e. The van der Waals surface area contributed by atoms with Crippen LogP contribution in [0.15, 0.2) is 42.7 Å². The third kappa shape index (κ3) is 3.15. The maximum absolute atomic E-state index is 9.89. The highest BCUT2D eigenvalue weighted by atomic mass is 35.5. The molecule has 102 valence electrons. The molecule has 0 aliphatic carbocycles.